The number of benzene rings is 1. The summed E-state index contributed by atoms with van der Waals surface area (Å²) in [7, 11) is 0. The van der Waals surface area contributed by atoms with Crippen LogP contribution in [-0.4, -0.2) is 54.7 Å². The smallest absolute Gasteiger partial charge is 0.317 e. The number of para-hydroxylation sites is 1. The van der Waals surface area contributed by atoms with Crippen molar-refractivity contribution >= 4 is 6.03 Å². The van der Waals surface area contributed by atoms with E-state index in [1.807, 2.05) is 24.0 Å². The van der Waals surface area contributed by atoms with E-state index in [0.29, 0.717) is 12.6 Å². The third-order valence-corrected chi connectivity index (χ3v) is 5.01. The van der Waals surface area contributed by atoms with Crippen LogP contribution in [0, 0.1) is 0 Å². The van der Waals surface area contributed by atoms with Gasteiger partial charge in [-0.2, -0.15) is 0 Å². The zero-order valence-electron chi connectivity index (χ0n) is 14.7. The Morgan fingerprint density at radius 1 is 1.17 bits per heavy atom. The highest BCUT2D eigenvalue weighted by Gasteiger charge is 2.24. The molecule has 3 rings (SSSR count). The molecule has 0 atom stereocenters. The zero-order chi connectivity index (χ0) is 16.8. The molecule has 5 heteroatoms. The SMILES string of the molecule is CCOc1ccccc1CN1CCN(C(=O)NC2CCCC2)CC1. The molecule has 1 saturated carbocycles. The van der Waals surface area contributed by atoms with Crippen molar-refractivity contribution in [2.24, 2.45) is 0 Å². The van der Waals surface area contributed by atoms with E-state index in [1.165, 1.54) is 18.4 Å². The molecule has 1 saturated heterocycles. The van der Waals surface area contributed by atoms with E-state index >= 15 is 0 Å². The van der Waals surface area contributed by atoms with Crippen LogP contribution in [0.15, 0.2) is 24.3 Å². The van der Waals surface area contributed by atoms with Gasteiger partial charge in [0.15, 0.2) is 0 Å². The molecular weight excluding hydrogens is 302 g/mol. The maximum absolute atomic E-state index is 12.3. The van der Waals surface area contributed by atoms with Gasteiger partial charge < -0.3 is 15.0 Å². The Kier molecular flexibility index (Phi) is 5.96. The highest BCUT2D eigenvalue weighted by atomic mass is 16.5. The van der Waals surface area contributed by atoms with Gasteiger partial charge in [-0.15, -0.1) is 0 Å². The zero-order valence-corrected chi connectivity index (χ0v) is 14.7. The lowest BCUT2D eigenvalue weighted by Crippen LogP contribution is -2.52. The molecule has 1 heterocycles. The van der Waals surface area contributed by atoms with Crippen LogP contribution in [-0.2, 0) is 6.54 Å². The fourth-order valence-electron chi connectivity index (χ4n) is 3.62. The van der Waals surface area contributed by atoms with Gasteiger partial charge in [-0.05, 0) is 25.8 Å². The van der Waals surface area contributed by atoms with Gasteiger partial charge >= 0.3 is 6.03 Å². The number of hydrogen-bond acceptors (Lipinski definition) is 3. The Morgan fingerprint density at radius 2 is 1.88 bits per heavy atom. The summed E-state index contributed by atoms with van der Waals surface area (Å²) in [6, 6.07) is 8.75. The second-order valence-electron chi connectivity index (χ2n) is 6.73. The Hall–Kier alpha value is -1.75. The predicted octanol–water partition coefficient (Wildman–Crippen LogP) is 2.86. The molecule has 132 valence electrons. The molecule has 1 N–H and O–H groups in total. The molecule has 0 spiro atoms. The lowest BCUT2D eigenvalue weighted by atomic mass is 10.1. The minimum atomic E-state index is 0.122. The van der Waals surface area contributed by atoms with E-state index < -0.39 is 0 Å². The minimum absolute atomic E-state index is 0.122. The number of carbonyl (C=O) groups is 1. The lowest BCUT2D eigenvalue weighted by Gasteiger charge is -2.35. The fraction of sp³-hybridized carbons (Fsp3) is 0.632. The summed E-state index contributed by atoms with van der Waals surface area (Å²) in [6.07, 6.45) is 4.77. The topological polar surface area (TPSA) is 44.8 Å². The number of nitrogens with one attached hydrogen (secondary N) is 1. The molecular formula is C19H29N3O2. The highest BCUT2D eigenvalue weighted by molar-refractivity contribution is 5.74. The number of hydrogen-bond donors (Lipinski definition) is 1. The van der Waals surface area contributed by atoms with Crippen molar-refractivity contribution in [3.8, 4) is 5.75 Å². The normalized spacial score (nSPS) is 19.5. The molecule has 2 fully saturated rings. The van der Waals surface area contributed by atoms with Crippen LogP contribution in [0.2, 0.25) is 0 Å². The maximum Gasteiger partial charge on any atom is 0.317 e. The van der Waals surface area contributed by atoms with Crippen LogP contribution in [0.3, 0.4) is 0 Å². The predicted molar refractivity (Wildman–Crippen MR) is 95.2 cm³/mol. The Labute approximate surface area is 145 Å². The van der Waals surface area contributed by atoms with Gasteiger partial charge in [-0.1, -0.05) is 31.0 Å². The van der Waals surface area contributed by atoms with E-state index in [4.69, 9.17) is 4.74 Å². The number of nitrogens with zero attached hydrogens (tertiary/aromatic N) is 2. The van der Waals surface area contributed by atoms with Gasteiger partial charge in [-0.3, -0.25) is 4.90 Å². The second kappa shape index (κ2) is 8.38. The van der Waals surface area contributed by atoms with E-state index in [2.05, 4.69) is 22.3 Å². The summed E-state index contributed by atoms with van der Waals surface area (Å²) in [6.45, 7) is 7.01. The molecule has 0 bridgehead atoms. The minimum Gasteiger partial charge on any atom is -0.494 e. The lowest BCUT2D eigenvalue weighted by molar-refractivity contribution is 0.132. The Balaban J connectivity index is 1.47. The molecule has 1 aliphatic heterocycles. The summed E-state index contributed by atoms with van der Waals surface area (Å²) in [5.74, 6) is 0.974. The molecule has 0 radical (unpaired) electrons. The van der Waals surface area contributed by atoms with Gasteiger partial charge in [0.25, 0.3) is 0 Å². The van der Waals surface area contributed by atoms with Crippen molar-refractivity contribution < 1.29 is 9.53 Å². The summed E-state index contributed by atoms with van der Waals surface area (Å²) in [5, 5.41) is 3.19. The van der Waals surface area contributed by atoms with Crippen molar-refractivity contribution in [2.45, 2.75) is 45.2 Å². The molecule has 5 nitrogen and oxygen atoms in total. The molecule has 0 aromatic heterocycles. The van der Waals surface area contributed by atoms with Gasteiger partial charge in [0.05, 0.1) is 6.61 Å². The van der Waals surface area contributed by atoms with Crippen LogP contribution in [0.4, 0.5) is 4.79 Å². The molecule has 2 aliphatic rings. The number of rotatable bonds is 5. The second-order valence-corrected chi connectivity index (χ2v) is 6.73. The Bertz CT molecular complexity index is 535. The summed E-state index contributed by atoms with van der Waals surface area (Å²) < 4.78 is 5.71. The number of urea groups is 1. The standard InChI is InChI=1S/C19H29N3O2/c1-2-24-18-10-6-3-7-16(18)15-21-11-13-22(14-12-21)19(23)20-17-8-4-5-9-17/h3,6-7,10,17H,2,4-5,8-9,11-15H2,1H3,(H,20,23). The van der Waals surface area contributed by atoms with Crippen LogP contribution in [0.5, 0.6) is 5.75 Å². The third kappa shape index (κ3) is 4.41. The average molecular weight is 331 g/mol. The third-order valence-electron chi connectivity index (χ3n) is 5.01. The van der Waals surface area contributed by atoms with Crippen LogP contribution in [0.25, 0.3) is 0 Å². The Morgan fingerprint density at radius 3 is 2.58 bits per heavy atom. The summed E-state index contributed by atoms with van der Waals surface area (Å²) in [4.78, 5) is 16.7. The fourth-order valence-corrected chi connectivity index (χ4v) is 3.62. The number of piperazine rings is 1. The van der Waals surface area contributed by atoms with E-state index in [-0.39, 0.29) is 6.03 Å². The van der Waals surface area contributed by atoms with Crippen LogP contribution >= 0.6 is 0 Å². The largest absolute Gasteiger partial charge is 0.494 e. The van der Waals surface area contributed by atoms with E-state index in [1.54, 1.807) is 0 Å². The molecule has 0 unspecified atom stereocenters. The van der Waals surface area contributed by atoms with Gasteiger partial charge in [0, 0.05) is 44.3 Å². The van der Waals surface area contributed by atoms with Gasteiger partial charge in [0.1, 0.15) is 5.75 Å². The van der Waals surface area contributed by atoms with Gasteiger partial charge in [-0.25, -0.2) is 4.79 Å². The number of ether oxygens (including phenoxy) is 1. The van der Waals surface area contributed by atoms with E-state index in [9.17, 15) is 4.79 Å². The first-order valence-electron chi connectivity index (χ1n) is 9.24. The van der Waals surface area contributed by atoms with E-state index in [0.717, 1.165) is 51.3 Å². The van der Waals surface area contributed by atoms with Crippen molar-refractivity contribution in [2.75, 3.05) is 32.8 Å². The molecule has 1 aromatic carbocycles. The first-order chi connectivity index (χ1) is 11.8. The molecule has 24 heavy (non-hydrogen) atoms. The van der Waals surface area contributed by atoms with Crippen molar-refractivity contribution in [1.29, 1.82) is 0 Å². The van der Waals surface area contributed by atoms with Crippen molar-refractivity contribution in [1.82, 2.24) is 15.1 Å². The number of carbonyl (C=O) groups excluding carboxylic acids is 1. The molecule has 1 aliphatic carbocycles. The summed E-state index contributed by atoms with van der Waals surface area (Å²) in [5.41, 5.74) is 1.23. The van der Waals surface area contributed by atoms with Crippen LogP contribution in [0.1, 0.15) is 38.2 Å². The number of amides is 2. The van der Waals surface area contributed by atoms with Crippen molar-refractivity contribution in [3.05, 3.63) is 29.8 Å². The molecule has 1 aromatic rings. The first kappa shape index (κ1) is 17.1. The quantitative estimate of drug-likeness (QED) is 0.902. The van der Waals surface area contributed by atoms with Crippen LogP contribution < -0.4 is 10.1 Å². The maximum atomic E-state index is 12.3. The average Bonchev–Trinajstić information content (AvgIpc) is 3.10. The molecule has 2 amide bonds. The van der Waals surface area contributed by atoms with Crippen molar-refractivity contribution in [3.63, 3.8) is 0 Å². The highest BCUT2D eigenvalue weighted by Crippen LogP contribution is 2.21. The first-order valence-corrected chi connectivity index (χ1v) is 9.24. The summed E-state index contributed by atoms with van der Waals surface area (Å²) >= 11 is 0. The van der Waals surface area contributed by atoms with Gasteiger partial charge in [0.2, 0.25) is 0 Å². The monoisotopic (exact) mass is 331 g/mol.